The highest BCUT2D eigenvalue weighted by Crippen LogP contribution is 2.42. The molecule has 2 aromatic rings. The predicted octanol–water partition coefficient (Wildman–Crippen LogP) is 2.93. The Morgan fingerprint density at radius 1 is 1.15 bits per heavy atom. The monoisotopic (exact) mass is 349 g/mol. The fourth-order valence-corrected chi connectivity index (χ4v) is 4.94. The van der Waals surface area contributed by atoms with Crippen molar-refractivity contribution in [2.24, 2.45) is 0 Å². The molecular weight excluding hydrogens is 326 g/mol. The molecule has 0 saturated carbocycles. The van der Waals surface area contributed by atoms with Gasteiger partial charge in [0.15, 0.2) is 0 Å². The van der Waals surface area contributed by atoms with E-state index in [2.05, 4.69) is 23.2 Å². The van der Waals surface area contributed by atoms with Crippen molar-refractivity contribution in [1.29, 1.82) is 0 Å². The molecular formula is C21H23N3O2. The van der Waals surface area contributed by atoms with E-state index in [9.17, 15) is 9.59 Å². The van der Waals surface area contributed by atoms with E-state index >= 15 is 0 Å². The van der Waals surface area contributed by atoms with Crippen molar-refractivity contribution in [2.75, 3.05) is 6.54 Å². The number of H-pyrrole nitrogens is 1. The van der Waals surface area contributed by atoms with E-state index in [0.29, 0.717) is 13.0 Å². The van der Waals surface area contributed by atoms with Gasteiger partial charge in [0.05, 0.1) is 6.04 Å². The Labute approximate surface area is 152 Å². The molecule has 3 aliphatic rings. The highest BCUT2D eigenvalue weighted by Gasteiger charge is 2.52. The molecule has 3 aliphatic heterocycles. The zero-order valence-corrected chi connectivity index (χ0v) is 15.2. The number of rotatable bonds is 1. The molecule has 0 aliphatic carbocycles. The Morgan fingerprint density at radius 3 is 2.77 bits per heavy atom. The molecule has 2 amide bonds. The van der Waals surface area contributed by atoms with Gasteiger partial charge in [0.25, 0.3) is 0 Å². The van der Waals surface area contributed by atoms with Crippen LogP contribution in [0.15, 0.2) is 35.9 Å². The molecule has 26 heavy (non-hydrogen) atoms. The van der Waals surface area contributed by atoms with E-state index in [-0.39, 0.29) is 29.9 Å². The van der Waals surface area contributed by atoms with E-state index < -0.39 is 0 Å². The maximum absolute atomic E-state index is 13.3. The molecule has 0 spiro atoms. The fraction of sp³-hybridized carbons (Fsp3) is 0.429. The lowest BCUT2D eigenvalue weighted by atomic mass is 9.87. The molecule has 3 atom stereocenters. The SMILES string of the molecule is CC(C)=C[C@@H]1c2[nH]c3ccccc3c2C[C@@H]2C(=O)N3CCC[C@@H]3C(=O)N21. The van der Waals surface area contributed by atoms with Crippen LogP contribution in [0.25, 0.3) is 10.9 Å². The van der Waals surface area contributed by atoms with E-state index in [1.807, 2.05) is 35.8 Å². The number of fused-ring (bicyclic) bond motifs is 5. The van der Waals surface area contributed by atoms with Crippen molar-refractivity contribution < 1.29 is 9.59 Å². The first-order valence-corrected chi connectivity index (χ1v) is 9.43. The number of allylic oxidation sites excluding steroid dienone is 1. The van der Waals surface area contributed by atoms with Crippen LogP contribution in [0.1, 0.15) is 44.0 Å². The van der Waals surface area contributed by atoms with Crippen molar-refractivity contribution in [3.05, 3.63) is 47.2 Å². The standard InChI is InChI=1S/C21H23N3O2/c1-12(2)10-17-19-14(13-6-3-4-7-15(13)22-19)11-18-20(25)23-9-5-8-16(23)21(26)24(17)18/h3-4,6-7,10,16-18,22H,5,8-9,11H2,1-2H3/t16-,17-,18-/m1/s1. The summed E-state index contributed by atoms with van der Waals surface area (Å²) in [6.45, 7) is 4.81. The number of aromatic amines is 1. The summed E-state index contributed by atoms with van der Waals surface area (Å²) in [5, 5.41) is 1.16. The summed E-state index contributed by atoms with van der Waals surface area (Å²) in [5.41, 5.74) is 4.47. The normalized spacial score (nSPS) is 27.4. The van der Waals surface area contributed by atoms with Gasteiger partial charge in [0.1, 0.15) is 12.1 Å². The van der Waals surface area contributed by atoms with Gasteiger partial charge in [-0.2, -0.15) is 0 Å². The summed E-state index contributed by atoms with van der Waals surface area (Å²) in [6.07, 6.45) is 4.43. The Balaban J connectivity index is 1.72. The summed E-state index contributed by atoms with van der Waals surface area (Å²) in [5.74, 6) is 0.231. The van der Waals surface area contributed by atoms with Crippen LogP contribution in [-0.4, -0.2) is 45.2 Å². The lowest BCUT2D eigenvalue weighted by molar-refractivity contribution is -0.162. The second-order valence-electron chi connectivity index (χ2n) is 7.91. The van der Waals surface area contributed by atoms with Crippen LogP contribution in [-0.2, 0) is 16.0 Å². The fourth-order valence-electron chi connectivity index (χ4n) is 4.94. The average Bonchev–Trinajstić information content (AvgIpc) is 3.24. The van der Waals surface area contributed by atoms with E-state index in [1.165, 1.54) is 5.56 Å². The lowest BCUT2D eigenvalue weighted by Crippen LogP contribution is -2.65. The molecule has 1 N–H and O–H groups in total. The van der Waals surface area contributed by atoms with Crippen LogP contribution in [0, 0.1) is 0 Å². The Morgan fingerprint density at radius 2 is 1.96 bits per heavy atom. The zero-order valence-electron chi connectivity index (χ0n) is 15.2. The van der Waals surface area contributed by atoms with Gasteiger partial charge in [0, 0.05) is 29.6 Å². The maximum Gasteiger partial charge on any atom is 0.246 e. The third-order valence-corrected chi connectivity index (χ3v) is 6.03. The van der Waals surface area contributed by atoms with Gasteiger partial charge in [-0.25, -0.2) is 0 Å². The van der Waals surface area contributed by atoms with Crippen LogP contribution in [0.4, 0.5) is 0 Å². The van der Waals surface area contributed by atoms with Crippen LogP contribution in [0.3, 0.4) is 0 Å². The molecule has 2 fully saturated rings. The number of hydrogen-bond acceptors (Lipinski definition) is 2. The minimum absolute atomic E-state index is 0.110. The number of aromatic nitrogens is 1. The Kier molecular flexibility index (Phi) is 3.30. The first kappa shape index (κ1) is 15.7. The summed E-state index contributed by atoms with van der Waals surface area (Å²) >= 11 is 0. The molecule has 4 heterocycles. The van der Waals surface area contributed by atoms with Gasteiger partial charge >= 0.3 is 0 Å². The molecule has 2 saturated heterocycles. The summed E-state index contributed by atoms with van der Waals surface area (Å²) in [6, 6.07) is 7.37. The molecule has 134 valence electrons. The van der Waals surface area contributed by atoms with Crippen LogP contribution < -0.4 is 0 Å². The third kappa shape index (κ3) is 2.03. The van der Waals surface area contributed by atoms with Crippen molar-refractivity contribution in [1.82, 2.24) is 14.8 Å². The van der Waals surface area contributed by atoms with Crippen LogP contribution in [0.2, 0.25) is 0 Å². The topological polar surface area (TPSA) is 56.4 Å². The minimum Gasteiger partial charge on any atom is -0.356 e. The number of piperazine rings is 1. The van der Waals surface area contributed by atoms with Crippen LogP contribution >= 0.6 is 0 Å². The van der Waals surface area contributed by atoms with Gasteiger partial charge in [0.2, 0.25) is 11.8 Å². The summed E-state index contributed by atoms with van der Waals surface area (Å²) in [4.78, 5) is 33.7. The quantitative estimate of drug-likeness (QED) is 0.805. The number of hydrogen-bond donors (Lipinski definition) is 1. The number of amides is 2. The van der Waals surface area contributed by atoms with Gasteiger partial charge in [-0.15, -0.1) is 0 Å². The average molecular weight is 349 g/mol. The second-order valence-corrected chi connectivity index (χ2v) is 7.91. The van der Waals surface area contributed by atoms with Crippen molar-refractivity contribution in [3.63, 3.8) is 0 Å². The smallest absolute Gasteiger partial charge is 0.246 e. The first-order chi connectivity index (χ1) is 12.6. The van der Waals surface area contributed by atoms with Crippen molar-refractivity contribution in [3.8, 4) is 0 Å². The number of carbonyl (C=O) groups is 2. The van der Waals surface area contributed by atoms with E-state index in [4.69, 9.17) is 0 Å². The third-order valence-electron chi connectivity index (χ3n) is 6.03. The van der Waals surface area contributed by atoms with E-state index in [1.54, 1.807) is 0 Å². The maximum atomic E-state index is 13.3. The number of para-hydroxylation sites is 1. The largest absolute Gasteiger partial charge is 0.356 e. The predicted molar refractivity (Wildman–Crippen MR) is 99.5 cm³/mol. The summed E-state index contributed by atoms with van der Waals surface area (Å²) in [7, 11) is 0. The molecule has 5 heteroatoms. The van der Waals surface area contributed by atoms with Crippen LogP contribution in [0.5, 0.6) is 0 Å². The highest BCUT2D eigenvalue weighted by molar-refractivity contribution is 5.99. The highest BCUT2D eigenvalue weighted by atomic mass is 16.2. The van der Waals surface area contributed by atoms with E-state index in [0.717, 1.165) is 35.0 Å². The number of benzene rings is 1. The Bertz CT molecular complexity index is 953. The molecule has 1 aromatic carbocycles. The molecule has 0 bridgehead atoms. The number of carbonyl (C=O) groups excluding carboxylic acids is 2. The second kappa shape index (κ2) is 5.47. The van der Waals surface area contributed by atoms with Crippen molar-refractivity contribution in [2.45, 2.75) is 51.2 Å². The molecule has 1 aromatic heterocycles. The molecule has 5 rings (SSSR count). The first-order valence-electron chi connectivity index (χ1n) is 9.43. The van der Waals surface area contributed by atoms with Gasteiger partial charge in [-0.05, 0) is 38.3 Å². The molecule has 5 nitrogen and oxygen atoms in total. The van der Waals surface area contributed by atoms with Gasteiger partial charge in [-0.3, -0.25) is 9.59 Å². The van der Waals surface area contributed by atoms with Crippen molar-refractivity contribution >= 4 is 22.7 Å². The Hall–Kier alpha value is -2.56. The lowest BCUT2D eigenvalue weighted by Gasteiger charge is -2.47. The van der Waals surface area contributed by atoms with Gasteiger partial charge in [-0.1, -0.05) is 29.8 Å². The molecule has 0 unspecified atom stereocenters. The molecule has 0 radical (unpaired) electrons. The van der Waals surface area contributed by atoms with Gasteiger partial charge < -0.3 is 14.8 Å². The zero-order chi connectivity index (χ0) is 18.0. The number of nitrogens with one attached hydrogen (secondary N) is 1. The summed E-state index contributed by atoms with van der Waals surface area (Å²) < 4.78 is 0. The number of nitrogens with zero attached hydrogens (tertiary/aromatic N) is 2. The minimum atomic E-state index is -0.385.